The molecule has 3 rings (SSSR count). The first-order valence-corrected chi connectivity index (χ1v) is 9.81. The number of anilines is 2. The number of nitrogens with zero attached hydrogens (tertiary/aromatic N) is 2. The zero-order valence-electron chi connectivity index (χ0n) is 16.3. The smallest absolute Gasteiger partial charge is 0.258 e. The molecule has 1 aliphatic heterocycles. The van der Waals surface area contributed by atoms with Crippen LogP contribution in [0.5, 0.6) is 0 Å². The predicted octanol–water partition coefficient (Wildman–Crippen LogP) is 5.43. The van der Waals surface area contributed by atoms with Gasteiger partial charge in [-0.25, -0.2) is 0 Å². The second-order valence-electron chi connectivity index (χ2n) is 7.46. The Morgan fingerprint density at radius 3 is 2.38 bits per heavy atom. The number of carbonyl (C=O) groups excluding carboxylic acids is 1. The van der Waals surface area contributed by atoms with Crippen LogP contribution in [-0.4, -0.2) is 20.0 Å². The maximum absolute atomic E-state index is 12.7. The fourth-order valence-electron chi connectivity index (χ4n) is 3.57. The molecule has 0 fully saturated rings. The lowest BCUT2D eigenvalue weighted by Gasteiger charge is -2.16. The minimum absolute atomic E-state index is 0.109. The van der Waals surface area contributed by atoms with Crippen molar-refractivity contribution in [2.45, 2.75) is 52.0 Å². The molecule has 0 atom stereocenters. The van der Waals surface area contributed by atoms with Gasteiger partial charge in [0.05, 0.1) is 6.54 Å². The molecule has 1 aliphatic rings. The molecule has 0 saturated heterocycles. The van der Waals surface area contributed by atoms with Gasteiger partial charge in [-0.1, -0.05) is 44.7 Å². The number of unbranched alkanes of at least 4 members (excludes halogenated alkanes) is 4. The summed E-state index contributed by atoms with van der Waals surface area (Å²) in [4.78, 5) is 16.7. The number of benzene rings is 2. The van der Waals surface area contributed by atoms with Gasteiger partial charge < -0.3 is 9.80 Å². The fraction of sp³-hybridized carbons (Fsp3) is 0.435. The molecule has 0 bridgehead atoms. The van der Waals surface area contributed by atoms with E-state index < -0.39 is 0 Å². The van der Waals surface area contributed by atoms with Gasteiger partial charge >= 0.3 is 0 Å². The Labute approximate surface area is 157 Å². The lowest BCUT2D eigenvalue weighted by atomic mass is 10.1. The number of hydrogen-bond acceptors (Lipinski definition) is 2. The van der Waals surface area contributed by atoms with Crippen LogP contribution in [0.3, 0.4) is 0 Å². The molecule has 26 heavy (non-hydrogen) atoms. The Bertz CT molecular complexity index is 749. The molecule has 0 saturated carbocycles. The van der Waals surface area contributed by atoms with E-state index >= 15 is 0 Å². The van der Waals surface area contributed by atoms with Crippen LogP contribution in [0, 0.1) is 0 Å². The first-order valence-electron chi connectivity index (χ1n) is 9.81. The zero-order valence-corrected chi connectivity index (χ0v) is 16.3. The van der Waals surface area contributed by atoms with Crippen molar-refractivity contribution in [3.05, 3.63) is 59.2 Å². The minimum Gasteiger partial charge on any atom is -0.378 e. The third-order valence-corrected chi connectivity index (χ3v) is 5.23. The molecule has 0 radical (unpaired) electrons. The van der Waals surface area contributed by atoms with Gasteiger partial charge in [0.1, 0.15) is 0 Å². The van der Waals surface area contributed by atoms with E-state index in [2.05, 4.69) is 42.2 Å². The Kier molecular flexibility index (Phi) is 5.97. The molecule has 0 aliphatic carbocycles. The van der Waals surface area contributed by atoms with E-state index in [0.717, 1.165) is 28.9 Å². The SMILES string of the molecule is CCCCCCCc1ccc(N2Cc3cc(N(C)C)ccc3C2=O)cc1. The van der Waals surface area contributed by atoms with E-state index in [1.165, 1.54) is 37.7 Å². The van der Waals surface area contributed by atoms with E-state index in [0.29, 0.717) is 6.54 Å². The third kappa shape index (κ3) is 4.09. The average molecular weight is 351 g/mol. The van der Waals surface area contributed by atoms with Crippen LogP contribution in [0.4, 0.5) is 11.4 Å². The summed E-state index contributed by atoms with van der Waals surface area (Å²) in [5.41, 5.74) is 5.44. The van der Waals surface area contributed by atoms with Crippen molar-refractivity contribution in [3.63, 3.8) is 0 Å². The number of fused-ring (bicyclic) bond motifs is 1. The van der Waals surface area contributed by atoms with Crippen LogP contribution in [0.2, 0.25) is 0 Å². The van der Waals surface area contributed by atoms with Crippen LogP contribution in [0.15, 0.2) is 42.5 Å². The largest absolute Gasteiger partial charge is 0.378 e. The molecule has 138 valence electrons. The number of amides is 1. The van der Waals surface area contributed by atoms with E-state index in [1.54, 1.807) is 0 Å². The Morgan fingerprint density at radius 2 is 1.69 bits per heavy atom. The summed E-state index contributed by atoms with van der Waals surface area (Å²) >= 11 is 0. The molecular weight excluding hydrogens is 320 g/mol. The Balaban J connectivity index is 1.64. The van der Waals surface area contributed by atoms with Crippen LogP contribution >= 0.6 is 0 Å². The second kappa shape index (κ2) is 8.39. The van der Waals surface area contributed by atoms with Crippen molar-refractivity contribution in [2.24, 2.45) is 0 Å². The van der Waals surface area contributed by atoms with Gasteiger partial charge in [0.2, 0.25) is 0 Å². The quantitative estimate of drug-likeness (QED) is 0.593. The lowest BCUT2D eigenvalue weighted by molar-refractivity contribution is 0.0996. The van der Waals surface area contributed by atoms with E-state index in [4.69, 9.17) is 0 Å². The summed E-state index contributed by atoms with van der Waals surface area (Å²) in [5.74, 6) is 0.109. The van der Waals surface area contributed by atoms with Crippen LogP contribution in [0.25, 0.3) is 0 Å². The molecule has 0 N–H and O–H groups in total. The summed E-state index contributed by atoms with van der Waals surface area (Å²) in [5, 5.41) is 0. The highest BCUT2D eigenvalue weighted by Crippen LogP contribution is 2.31. The molecule has 2 aromatic rings. The maximum atomic E-state index is 12.7. The van der Waals surface area contributed by atoms with Crippen molar-refractivity contribution >= 4 is 17.3 Å². The van der Waals surface area contributed by atoms with Crippen molar-refractivity contribution in [1.29, 1.82) is 0 Å². The van der Waals surface area contributed by atoms with Gasteiger partial charge in [-0.3, -0.25) is 4.79 Å². The van der Waals surface area contributed by atoms with E-state index in [9.17, 15) is 4.79 Å². The monoisotopic (exact) mass is 350 g/mol. The standard InChI is InChI=1S/C23H30N2O/c1-4-5-6-7-8-9-18-10-12-20(13-11-18)25-17-19-16-21(24(2)3)14-15-22(19)23(25)26/h10-16H,4-9,17H2,1-3H3. The number of hydrogen-bond donors (Lipinski definition) is 0. The summed E-state index contributed by atoms with van der Waals surface area (Å²) < 4.78 is 0. The average Bonchev–Trinajstić information content (AvgIpc) is 2.98. The van der Waals surface area contributed by atoms with Crippen molar-refractivity contribution < 1.29 is 4.79 Å². The number of rotatable bonds is 8. The number of aryl methyl sites for hydroxylation is 1. The summed E-state index contributed by atoms with van der Waals surface area (Å²) in [6.45, 7) is 2.91. The van der Waals surface area contributed by atoms with E-state index in [1.807, 2.05) is 31.1 Å². The molecule has 1 heterocycles. The molecule has 1 amide bonds. The first-order chi connectivity index (χ1) is 12.6. The van der Waals surface area contributed by atoms with Gasteiger partial charge in [-0.2, -0.15) is 0 Å². The van der Waals surface area contributed by atoms with Crippen molar-refractivity contribution in [2.75, 3.05) is 23.9 Å². The summed E-state index contributed by atoms with van der Waals surface area (Å²) in [6, 6.07) is 14.6. The molecule has 0 unspecified atom stereocenters. The van der Waals surface area contributed by atoms with Gasteiger partial charge in [-0.15, -0.1) is 0 Å². The van der Waals surface area contributed by atoms with Gasteiger partial charge in [0.25, 0.3) is 5.91 Å². The Morgan fingerprint density at radius 1 is 0.962 bits per heavy atom. The van der Waals surface area contributed by atoms with Gasteiger partial charge in [0.15, 0.2) is 0 Å². The Hall–Kier alpha value is -2.29. The fourth-order valence-corrected chi connectivity index (χ4v) is 3.57. The predicted molar refractivity (Wildman–Crippen MR) is 110 cm³/mol. The molecule has 0 spiro atoms. The highest BCUT2D eigenvalue weighted by Gasteiger charge is 2.28. The lowest BCUT2D eigenvalue weighted by Crippen LogP contribution is -2.22. The zero-order chi connectivity index (χ0) is 18.5. The topological polar surface area (TPSA) is 23.6 Å². The van der Waals surface area contributed by atoms with Crippen LogP contribution in [0.1, 0.15) is 60.5 Å². The third-order valence-electron chi connectivity index (χ3n) is 5.23. The molecule has 3 nitrogen and oxygen atoms in total. The molecule has 2 aromatic carbocycles. The van der Waals surface area contributed by atoms with E-state index in [-0.39, 0.29) is 5.91 Å². The molecule has 0 aromatic heterocycles. The van der Waals surface area contributed by atoms with Gasteiger partial charge in [-0.05, 0) is 54.3 Å². The van der Waals surface area contributed by atoms with Crippen molar-refractivity contribution in [1.82, 2.24) is 0 Å². The summed E-state index contributed by atoms with van der Waals surface area (Å²) in [6.07, 6.45) is 7.65. The van der Waals surface area contributed by atoms with Crippen molar-refractivity contribution in [3.8, 4) is 0 Å². The van der Waals surface area contributed by atoms with Gasteiger partial charge in [0, 0.05) is 31.0 Å². The molecular formula is C23H30N2O. The highest BCUT2D eigenvalue weighted by molar-refractivity contribution is 6.10. The molecule has 3 heteroatoms. The highest BCUT2D eigenvalue weighted by atomic mass is 16.2. The number of carbonyl (C=O) groups is 1. The normalized spacial score (nSPS) is 13.2. The van der Waals surface area contributed by atoms with Crippen LogP contribution in [-0.2, 0) is 13.0 Å². The second-order valence-corrected chi connectivity index (χ2v) is 7.46. The first kappa shape index (κ1) is 18.5. The maximum Gasteiger partial charge on any atom is 0.258 e. The minimum atomic E-state index is 0.109. The summed E-state index contributed by atoms with van der Waals surface area (Å²) in [7, 11) is 4.05. The van der Waals surface area contributed by atoms with Crippen LogP contribution < -0.4 is 9.80 Å².